The van der Waals surface area contributed by atoms with Gasteiger partial charge in [-0.15, -0.1) is 0 Å². The maximum Gasteiger partial charge on any atom is 0.253 e. The van der Waals surface area contributed by atoms with Gasteiger partial charge in [-0.2, -0.15) is 4.98 Å². The summed E-state index contributed by atoms with van der Waals surface area (Å²) in [4.78, 5) is 16.6. The summed E-state index contributed by atoms with van der Waals surface area (Å²) in [6.45, 7) is 1.75. The fourth-order valence-corrected chi connectivity index (χ4v) is 2.55. The number of halogens is 2. The second-order valence-electron chi connectivity index (χ2n) is 5.14. The molecule has 0 fully saturated rings. The first-order valence-electron chi connectivity index (χ1n) is 7.19. The minimum absolute atomic E-state index is 0.297. The molecule has 122 valence electrons. The normalized spacial score (nSPS) is 12.0. The number of hydrogen-bond donors (Lipinski definition) is 1. The van der Waals surface area contributed by atoms with Gasteiger partial charge in [0, 0.05) is 10.6 Å². The second-order valence-corrected chi connectivity index (χ2v) is 5.99. The van der Waals surface area contributed by atoms with Gasteiger partial charge in [-0.3, -0.25) is 4.79 Å². The Morgan fingerprint density at radius 2 is 1.96 bits per heavy atom. The number of benzene rings is 2. The highest BCUT2D eigenvalue weighted by atomic mass is 35.5. The van der Waals surface area contributed by atoms with E-state index in [0.29, 0.717) is 27.3 Å². The monoisotopic (exact) mass is 361 g/mol. The molecule has 1 atom stereocenters. The van der Waals surface area contributed by atoms with Gasteiger partial charge in [0.2, 0.25) is 11.7 Å². The quantitative estimate of drug-likeness (QED) is 0.740. The molecule has 0 aliphatic rings. The molecule has 1 aromatic heterocycles. The van der Waals surface area contributed by atoms with E-state index >= 15 is 0 Å². The molecule has 24 heavy (non-hydrogen) atoms. The van der Waals surface area contributed by atoms with E-state index in [1.165, 1.54) is 0 Å². The third kappa shape index (κ3) is 3.58. The minimum atomic E-state index is -0.464. The lowest BCUT2D eigenvalue weighted by Crippen LogP contribution is -2.27. The van der Waals surface area contributed by atoms with Gasteiger partial charge >= 0.3 is 0 Å². The molecule has 1 unspecified atom stereocenters. The first kappa shape index (κ1) is 16.5. The highest BCUT2D eigenvalue weighted by Gasteiger charge is 2.19. The number of aromatic nitrogens is 2. The third-order valence-corrected chi connectivity index (χ3v) is 3.93. The molecule has 1 N–H and O–H groups in total. The van der Waals surface area contributed by atoms with Crippen LogP contribution < -0.4 is 5.32 Å². The molecule has 0 bridgehead atoms. The molecule has 0 spiro atoms. The zero-order valence-electron chi connectivity index (χ0n) is 12.7. The molecular formula is C17H13Cl2N3O2. The van der Waals surface area contributed by atoms with Gasteiger partial charge in [-0.05, 0) is 31.2 Å². The van der Waals surface area contributed by atoms with Crippen LogP contribution in [-0.4, -0.2) is 16.0 Å². The zero-order chi connectivity index (χ0) is 17.1. The fourth-order valence-electron chi connectivity index (χ4n) is 2.14. The lowest BCUT2D eigenvalue weighted by atomic mass is 10.2. The Kier molecular flexibility index (Phi) is 4.83. The van der Waals surface area contributed by atoms with Crippen LogP contribution in [0.1, 0.15) is 29.2 Å². The van der Waals surface area contributed by atoms with Crippen LogP contribution in [0.3, 0.4) is 0 Å². The van der Waals surface area contributed by atoms with Crippen molar-refractivity contribution in [3.8, 4) is 11.4 Å². The van der Waals surface area contributed by atoms with Gasteiger partial charge in [-0.1, -0.05) is 52.6 Å². The molecule has 7 heteroatoms. The standard InChI is InChI=1S/C17H13Cl2N3O2/c1-10(20-16(23)13-7-2-3-8-14(13)19)17-21-15(22-24-17)11-5-4-6-12(18)9-11/h2-10H,1H3,(H,20,23). The Morgan fingerprint density at radius 1 is 1.17 bits per heavy atom. The minimum Gasteiger partial charge on any atom is -0.340 e. The Labute approximate surface area is 148 Å². The summed E-state index contributed by atoms with van der Waals surface area (Å²) < 4.78 is 5.24. The number of carbonyl (C=O) groups is 1. The first-order chi connectivity index (χ1) is 11.5. The Bertz CT molecular complexity index is 880. The lowest BCUT2D eigenvalue weighted by molar-refractivity contribution is 0.0932. The Hall–Kier alpha value is -2.37. The molecule has 0 radical (unpaired) electrons. The van der Waals surface area contributed by atoms with Crippen LogP contribution in [0.5, 0.6) is 0 Å². The van der Waals surface area contributed by atoms with E-state index in [2.05, 4.69) is 15.5 Å². The summed E-state index contributed by atoms with van der Waals surface area (Å²) in [6, 6.07) is 13.5. The van der Waals surface area contributed by atoms with Gasteiger partial charge in [-0.25, -0.2) is 0 Å². The zero-order valence-corrected chi connectivity index (χ0v) is 14.2. The molecule has 3 rings (SSSR count). The molecule has 1 heterocycles. The van der Waals surface area contributed by atoms with Crippen molar-refractivity contribution in [1.29, 1.82) is 0 Å². The maximum absolute atomic E-state index is 12.3. The van der Waals surface area contributed by atoms with Crippen LogP contribution in [0.25, 0.3) is 11.4 Å². The number of rotatable bonds is 4. The van der Waals surface area contributed by atoms with Gasteiger partial charge in [0.1, 0.15) is 6.04 Å². The van der Waals surface area contributed by atoms with Crippen molar-refractivity contribution in [2.24, 2.45) is 0 Å². The van der Waals surface area contributed by atoms with Crippen molar-refractivity contribution in [3.05, 3.63) is 70.0 Å². The molecule has 2 aromatic carbocycles. The molecule has 0 aliphatic carbocycles. The lowest BCUT2D eigenvalue weighted by Gasteiger charge is -2.10. The van der Waals surface area contributed by atoms with Crippen LogP contribution >= 0.6 is 23.2 Å². The van der Waals surface area contributed by atoms with E-state index in [1.807, 2.05) is 6.07 Å². The van der Waals surface area contributed by atoms with Gasteiger partial charge in [0.25, 0.3) is 5.91 Å². The van der Waals surface area contributed by atoms with Crippen LogP contribution in [0.15, 0.2) is 53.1 Å². The molecule has 3 aromatic rings. The molecule has 1 amide bonds. The molecule has 0 saturated heterocycles. The number of carbonyl (C=O) groups excluding carboxylic acids is 1. The van der Waals surface area contributed by atoms with E-state index in [1.54, 1.807) is 49.4 Å². The van der Waals surface area contributed by atoms with E-state index in [4.69, 9.17) is 27.7 Å². The molecule has 5 nitrogen and oxygen atoms in total. The summed E-state index contributed by atoms with van der Waals surface area (Å²) in [6.07, 6.45) is 0. The maximum atomic E-state index is 12.3. The van der Waals surface area contributed by atoms with E-state index in [0.717, 1.165) is 5.56 Å². The summed E-state index contributed by atoms with van der Waals surface area (Å²) in [5, 5.41) is 7.67. The summed E-state index contributed by atoms with van der Waals surface area (Å²) >= 11 is 12.0. The molecule has 0 aliphatic heterocycles. The predicted octanol–water partition coefficient (Wildman–Crippen LogP) is 4.53. The summed E-state index contributed by atoms with van der Waals surface area (Å²) in [7, 11) is 0. The number of hydrogen-bond acceptors (Lipinski definition) is 4. The van der Waals surface area contributed by atoms with E-state index in [-0.39, 0.29) is 5.91 Å². The van der Waals surface area contributed by atoms with Crippen molar-refractivity contribution in [3.63, 3.8) is 0 Å². The summed E-state index contributed by atoms with van der Waals surface area (Å²) in [5.74, 6) is 0.396. The summed E-state index contributed by atoms with van der Waals surface area (Å²) in [5.41, 5.74) is 1.13. The molecule has 0 saturated carbocycles. The number of amides is 1. The average Bonchev–Trinajstić information content (AvgIpc) is 3.05. The predicted molar refractivity (Wildman–Crippen MR) is 92.1 cm³/mol. The second kappa shape index (κ2) is 7.03. The Morgan fingerprint density at radius 3 is 2.71 bits per heavy atom. The van der Waals surface area contributed by atoms with Crippen LogP contribution in [-0.2, 0) is 0 Å². The van der Waals surface area contributed by atoms with Crippen molar-refractivity contribution < 1.29 is 9.32 Å². The SMILES string of the molecule is CC(NC(=O)c1ccccc1Cl)c1nc(-c2cccc(Cl)c2)no1. The van der Waals surface area contributed by atoms with Crippen molar-refractivity contribution in [1.82, 2.24) is 15.5 Å². The number of nitrogens with one attached hydrogen (secondary N) is 1. The fraction of sp³-hybridized carbons (Fsp3) is 0.118. The van der Waals surface area contributed by atoms with Gasteiger partial charge < -0.3 is 9.84 Å². The van der Waals surface area contributed by atoms with Gasteiger partial charge in [0.05, 0.1) is 10.6 Å². The van der Waals surface area contributed by atoms with Crippen molar-refractivity contribution in [2.45, 2.75) is 13.0 Å². The van der Waals surface area contributed by atoms with Crippen molar-refractivity contribution in [2.75, 3.05) is 0 Å². The van der Waals surface area contributed by atoms with E-state index < -0.39 is 6.04 Å². The van der Waals surface area contributed by atoms with Crippen LogP contribution in [0.2, 0.25) is 10.0 Å². The highest BCUT2D eigenvalue weighted by molar-refractivity contribution is 6.33. The molecular weight excluding hydrogens is 349 g/mol. The average molecular weight is 362 g/mol. The largest absolute Gasteiger partial charge is 0.340 e. The first-order valence-corrected chi connectivity index (χ1v) is 7.95. The number of nitrogens with zero attached hydrogens (tertiary/aromatic N) is 2. The van der Waals surface area contributed by atoms with Crippen molar-refractivity contribution >= 4 is 29.1 Å². The van der Waals surface area contributed by atoms with Crippen LogP contribution in [0.4, 0.5) is 0 Å². The smallest absolute Gasteiger partial charge is 0.253 e. The van der Waals surface area contributed by atoms with E-state index in [9.17, 15) is 4.79 Å². The Balaban J connectivity index is 1.75. The van der Waals surface area contributed by atoms with Crippen LogP contribution in [0, 0.1) is 0 Å². The topological polar surface area (TPSA) is 68.0 Å². The third-order valence-electron chi connectivity index (χ3n) is 3.36. The van der Waals surface area contributed by atoms with Gasteiger partial charge in [0.15, 0.2) is 0 Å². The highest BCUT2D eigenvalue weighted by Crippen LogP contribution is 2.22.